The van der Waals surface area contributed by atoms with Crippen LogP contribution in [0, 0.1) is 17.1 Å². The molecule has 0 spiro atoms. The van der Waals surface area contributed by atoms with Gasteiger partial charge in [-0.05, 0) is 30.2 Å². The molecule has 12 nitrogen and oxygen atoms in total. The number of aromatic nitrogens is 6. The van der Waals surface area contributed by atoms with Gasteiger partial charge < -0.3 is 19.0 Å². The largest absolute Gasteiger partial charge is 0.470 e. The number of rotatable bonds is 5. The fraction of sp³-hybridized carbons (Fsp3) is 0.360. The van der Waals surface area contributed by atoms with Crippen molar-refractivity contribution in [1.29, 1.82) is 5.26 Å². The number of anilines is 2. The van der Waals surface area contributed by atoms with E-state index in [1.807, 2.05) is 4.90 Å². The van der Waals surface area contributed by atoms with Crippen LogP contribution in [0.5, 0.6) is 0 Å². The first-order valence-corrected chi connectivity index (χ1v) is 12.6. The molecule has 2 aliphatic rings. The highest BCUT2D eigenvalue weighted by atomic mass is 19.4. The minimum absolute atomic E-state index is 0.0375. The van der Waals surface area contributed by atoms with Gasteiger partial charge in [-0.2, -0.15) is 23.5 Å². The third kappa shape index (κ3) is 4.99. The van der Waals surface area contributed by atoms with Crippen LogP contribution in [0.15, 0.2) is 46.0 Å². The van der Waals surface area contributed by atoms with Gasteiger partial charge in [0.05, 0.1) is 23.9 Å². The Bertz CT molecular complexity index is 1680. The molecule has 0 aliphatic carbocycles. The van der Waals surface area contributed by atoms with Crippen molar-refractivity contribution in [2.24, 2.45) is 0 Å². The Morgan fingerprint density at radius 3 is 2.49 bits per heavy atom. The molecule has 41 heavy (non-hydrogen) atoms. The summed E-state index contributed by atoms with van der Waals surface area (Å²) >= 11 is 0. The van der Waals surface area contributed by atoms with Gasteiger partial charge in [-0.3, -0.25) is 0 Å². The van der Waals surface area contributed by atoms with Crippen molar-refractivity contribution >= 4 is 11.8 Å². The van der Waals surface area contributed by atoms with E-state index in [-0.39, 0.29) is 36.4 Å². The fourth-order valence-corrected chi connectivity index (χ4v) is 4.85. The monoisotopic (exact) mass is 571 g/mol. The molecule has 2 fully saturated rings. The summed E-state index contributed by atoms with van der Waals surface area (Å²) in [5.74, 6) is -1.67. The Balaban J connectivity index is 1.18. The Kier molecular flexibility index (Phi) is 6.66. The van der Waals surface area contributed by atoms with Crippen molar-refractivity contribution in [3.8, 4) is 22.9 Å². The average Bonchev–Trinajstić information content (AvgIpc) is 3.74. The molecule has 0 radical (unpaired) electrons. The Hall–Kier alpha value is -4.78. The maximum Gasteiger partial charge on any atom is 0.470 e. The van der Waals surface area contributed by atoms with Crippen LogP contribution < -0.4 is 15.5 Å². The predicted octanol–water partition coefficient (Wildman–Crippen LogP) is 2.80. The second-order valence-corrected chi connectivity index (χ2v) is 9.48. The van der Waals surface area contributed by atoms with Gasteiger partial charge >= 0.3 is 23.8 Å². The van der Waals surface area contributed by atoms with E-state index in [4.69, 9.17) is 9.15 Å². The lowest BCUT2D eigenvalue weighted by atomic mass is 10.0. The van der Waals surface area contributed by atoms with Crippen LogP contribution in [0.4, 0.5) is 29.4 Å². The normalized spacial score (nSPS) is 17.7. The van der Waals surface area contributed by atoms with Crippen molar-refractivity contribution < 1.29 is 26.7 Å². The summed E-state index contributed by atoms with van der Waals surface area (Å²) in [6.45, 7) is 2.12. The minimum Gasteiger partial charge on any atom is -0.399 e. The summed E-state index contributed by atoms with van der Waals surface area (Å²) in [6, 6.07) is 7.62. The molecule has 0 bridgehead atoms. The highest BCUT2D eigenvalue weighted by molar-refractivity contribution is 5.69. The summed E-state index contributed by atoms with van der Waals surface area (Å²) in [5.41, 5.74) is 0.758. The molecule has 16 heteroatoms. The molecule has 1 atom stereocenters. The van der Waals surface area contributed by atoms with E-state index >= 15 is 4.39 Å². The molecule has 0 saturated carbocycles. The summed E-state index contributed by atoms with van der Waals surface area (Å²) < 4.78 is 66.0. The van der Waals surface area contributed by atoms with E-state index in [2.05, 4.69) is 26.3 Å². The summed E-state index contributed by atoms with van der Waals surface area (Å²) in [4.78, 5) is 20.6. The van der Waals surface area contributed by atoms with Crippen LogP contribution in [-0.4, -0.2) is 68.9 Å². The van der Waals surface area contributed by atoms with Crippen molar-refractivity contribution in [1.82, 2.24) is 29.5 Å². The molecule has 1 aromatic carbocycles. The molecule has 5 heterocycles. The quantitative estimate of drug-likeness (QED) is 0.330. The maximum atomic E-state index is 15.2. The SMILES string of the molecule is N#Cc1cc(-c2ccc(-n3cnn([C@H]4CCOC4)c3=O)c(F)c2)cnc1N1CCN(c2nnc(C(F)(F)F)o2)CC1. The average molecular weight is 571 g/mol. The Morgan fingerprint density at radius 2 is 1.83 bits per heavy atom. The number of alkyl halides is 3. The van der Waals surface area contributed by atoms with Crippen LogP contribution >= 0.6 is 0 Å². The van der Waals surface area contributed by atoms with Gasteiger partial charge in [0.1, 0.15) is 24.0 Å². The van der Waals surface area contributed by atoms with Crippen LogP contribution in [0.2, 0.25) is 0 Å². The van der Waals surface area contributed by atoms with Gasteiger partial charge in [-0.25, -0.2) is 23.4 Å². The highest BCUT2D eigenvalue weighted by Gasteiger charge is 2.39. The number of halogens is 4. The number of nitrogens with zero attached hydrogens (tertiary/aromatic N) is 9. The van der Waals surface area contributed by atoms with Gasteiger partial charge in [0.2, 0.25) is 0 Å². The standard InChI is InChI=1S/C25H21F4N9O3/c26-19-10-15(1-2-20(19)37-14-32-38(24(37)39)18-3-8-40-13-18)17-9-16(11-30)21(31-12-17)35-4-6-36(7-5-35)23-34-33-22(41-23)25(27,28)29/h1-2,9-10,12,14,18H,3-8,13H2/t18-/m0/s1. The topological polar surface area (TPSA) is 131 Å². The molecule has 2 aliphatic heterocycles. The van der Waals surface area contributed by atoms with Crippen molar-refractivity contribution in [3.63, 3.8) is 0 Å². The molecule has 0 unspecified atom stereocenters. The lowest BCUT2D eigenvalue weighted by Gasteiger charge is -2.34. The number of piperazine rings is 1. The van der Waals surface area contributed by atoms with Gasteiger partial charge in [-0.15, -0.1) is 5.10 Å². The van der Waals surface area contributed by atoms with E-state index < -0.39 is 23.6 Å². The first kappa shape index (κ1) is 26.4. The Labute approximate surface area is 229 Å². The molecule has 0 amide bonds. The van der Waals surface area contributed by atoms with Gasteiger partial charge in [0.15, 0.2) is 0 Å². The third-order valence-electron chi connectivity index (χ3n) is 6.98. The number of hydrogen-bond donors (Lipinski definition) is 0. The van der Waals surface area contributed by atoms with E-state index in [0.717, 1.165) is 4.57 Å². The van der Waals surface area contributed by atoms with E-state index in [9.17, 15) is 23.2 Å². The van der Waals surface area contributed by atoms with Gasteiger partial charge in [-0.1, -0.05) is 11.2 Å². The van der Waals surface area contributed by atoms with Gasteiger partial charge in [0, 0.05) is 44.5 Å². The Morgan fingerprint density at radius 1 is 1.05 bits per heavy atom. The fourth-order valence-electron chi connectivity index (χ4n) is 4.85. The summed E-state index contributed by atoms with van der Waals surface area (Å²) in [6.07, 6.45) is -1.29. The number of pyridine rings is 1. The number of ether oxygens (including phenoxy) is 1. The molecular weight excluding hydrogens is 550 g/mol. The van der Waals surface area contributed by atoms with Crippen LogP contribution in [0.25, 0.3) is 16.8 Å². The zero-order valence-electron chi connectivity index (χ0n) is 21.3. The zero-order chi connectivity index (χ0) is 28.7. The lowest BCUT2D eigenvalue weighted by molar-refractivity contribution is -0.157. The van der Waals surface area contributed by atoms with Crippen LogP contribution in [-0.2, 0) is 10.9 Å². The predicted molar refractivity (Wildman–Crippen MR) is 134 cm³/mol. The van der Waals surface area contributed by atoms with Crippen molar-refractivity contribution in [3.05, 3.63) is 64.5 Å². The lowest BCUT2D eigenvalue weighted by Crippen LogP contribution is -2.47. The summed E-state index contributed by atoms with van der Waals surface area (Å²) in [5, 5.41) is 20.5. The molecule has 4 aromatic rings. The molecule has 6 rings (SSSR count). The zero-order valence-corrected chi connectivity index (χ0v) is 21.3. The first-order chi connectivity index (χ1) is 19.7. The second kappa shape index (κ2) is 10.3. The second-order valence-electron chi connectivity index (χ2n) is 9.48. The smallest absolute Gasteiger partial charge is 0.399 e. The summed E-state index contributed by atoms with van der Waals surface area (Å²) in [7, 11) is 0. The van der Waals surface area contributed by atoms with Crippen molar-refractivity contribution in [2.75, 3.05) is 49.2 Å². The molecule has 212 valence electrons. The van der Waals surface area contributed by atoms with E-state index in [1.165, 1.54) is 34.2 Å². The number of nitriles is 1. The third-order valence-corrected chi connectivity index (χ3v) is 6.98. The van der Waals surface area contributed by atoms with Gasteiger partial charge in [0.25, 0.3) is 0 Å². The first-order valence-electron chi connectivity index (χ1n) is 12.6. The van der Waals surface area contributed by atoms with Crippen LogP contribution in [0.1, 0.15) is 23.9 Å². The number of hydrogen-bond acceptors (Lipinski definition) is 10. The van der Waals surface area contributed by atoms with Crippen molar-refractivity contribution in [2.45, 2.75) is 18.6 Å². The molecule has 2 saturated heterocycles. The van der Waals surface area contributed by atoms with E-state index in [1.54, 1.807) is 12.1 Å². The minimum atomic E-state index is -4.73. The highest BCUT2D eigenvalue weighted by Crippen LogP contribution is 2.31. The number of benzene rings is 1. The molecule has 3 aromatic heterocycles. The van der Waals surface area contributed by atoms with E-state index in [0.29, 0.717) is 49.7 Å². The molecule has 0 N–H and O–H groups in total. The maximum absolute atomic E-state index is 15.2. The van der Waals surface area contributed by atoms with Crippen LogP contribution in [0.3, 0.4) is 0 Å². The molecular formula is C25H21F4N9O3.